The van der Waals surface area contributed by atoms with Gasteiger partial charge in [0.05, 0.1) is 12.7 Å². The lowest BCUT2D eigenvalue weighted by atomic mass is 9.97. The number of hydrogen-bond donors (Lipinski definition) is 0. The standard InChI is InChI=1S/C22H24O6/c1-3-4-5-6-17-22(14-7-8-16-19(9-14)26-13-25-16)28-21-11-18(24-2)15(12-23)10-20(21)27-17/h7-12,17,22H,3-6,13H2,1-2H3/t17-,22-/m1/s1. The number of methoxy groups -OCH3 is 1. The molecular weight excluding hydrogens is 360 g/mol. The number of ether oxygens (including phenoxy) is 5. The number of benzene rings is 2. The first-order valence-corrected chi connectivity index (χ1v) is 9.63. The van der Waals surface area contributed by atoms with Crippen LogP contribution in [0.15, 0.2) is 30.3 Å². The van der Waals surface area contributed by atoms with E-state index >= 15 is 0 Å². The zero-order chi connectivity index (χ0) is 19.5. The normalized spacial score (nSPS) is 19.4. The van der Waals surface area contributed by atoms with Crippen LogP contribution >= 0.6 is 0 Å². The van der Waals surface area contributed by atoms with E-state index in [1.165, 1.54) is 7.11 Å². The third kappa shape index (κ3) is 3.46. The lowest BCUT2D eigenvalue weighted by Crippen LogP contribution is -2.33. The molecule has 148 valence electrons. The number of unbranched alkanes of at least 4 members (excludes halogenated alkanes) is 2. The molecule has 0 N–H and O–H groups in total. The van der Waals surface area contributed by atoms with Crippen molar-refractivity contribution in [1.82, 2.24) is 0 Å². The molecule has 0 amide bonds. The van der Waals surface area contributed by atoms with Gasteiger partial charge in [0.1, 0.15) is 11.9 Å². The molecule has 0 unspecified atom stereocenters. The van der Waals surface area contributed by atoms with Gasteiger partial charge in [0, 0.05) is 11.6 Å². The van der Waals surface area contributed by atoms with Crippen molar-refractivity contribution < 1.29 is 28.5 Å². The minimum Gasteiger partial charge on any atom is -0.496 e. The molecule has 0 saturated heterocycles. The predicted molar refractivity (Wildman–Crippen MR) is 103 cm³/mol. The summed E-state index contributed by atoms with van der Waals surface area (Å²) in [6.45, 7) is 2.40. The Morgan fingerprint density at radius 3 is 2.64 bits per heavy atom. The number of carbonyl (C=O) groups excluding carboxylic acids is 1. The zero-order valence-electron chi connectivity index (χ0n) is 16.1. The molecule has 2 aromatic rings. The van der Waals surface area contributed by atoms with Crippen LogP contribution in [0.5, 0.6) is 28.7 Å². The monoisotopic (exact) mass is 384 g/mol. The highest BCUT2D eigenvalue weighted by Crippen LogP contribution is 2.45. The van der Waals surface area contributed by atoms with E-state index in [0.29, 0.717) is 28.6 Å². The van der Waals surface area contributed by atoms with Gasteiger partial charge in [0.25, 0.3) is 0 Å². The second-order valence-electron chi connectivity index (χ2n) is 6.96. The van der Waals surface area contributed by atoms with Crippen LogP contribution in [0.25, 0.3) is 0 Å². The predicted octanol–water partition coefficient (Wildman–Crippen LogP) is 4.70. The van der Waals surface area contributed by atoms with Crippen molar-refractivity contribution in [3.8, 4) is 28.7 Å². The fourth-order valence-electron chi connectivity index (χ4n) is 3.63. The molecule has 0 radical (unpaired) electrons. The Kier molecular flexibility index (Phi) is 5.28. The molecule has 6 nitrogen and oxygen atoms in total. The van der Waals surface area contributed by atoms with E-state index in [-0.39, 0.29) is 19.0 Å². The quantitative estimate of drug-likeness (QED) is 0.509. The first-order valence-electron chi connectivity index (χ1n) is 9.63. The Morgan fingerprint density at radius 2 is 1.86 bits per heavy atom. The summed E-state index contributed by atoms with van der Waals surface area (Å²) < 4.78 is 28.9. The Labute approximate surface area is 164 Å². The summed E-state index contributed by atoms with van der Waals surface area (Å²) >= 11 is 0. The lowest BCUT2D eigenvalue weighted by molar-refractivity contribution is 0.0131. The lowest BCUT2D eigenvalue weighted by Gasteiger charge is -2.35. The Morgan fingerprint density at radius 1 is 1.04 bits per heavy atom. The van der Waals surface area contributed by atoms with Crippen molar-refractivity contribution in [2.24, 2.45) is 0 Å². The number of carbonyl (C=O) groups is 1. The summed E-state index contributed by atoms with van der Waals surface area (Å²) in [4.78, 5) is 11.4. The van der Waals surface area contributed by atoms with Gasteiger partial charge in [-0.1, -0.05) is 25.8 Å². The second-order valence-corrected chi connectivity index (χ2v) is 6.96. The molecule has 0 aliphatic carbocycles. The minimum absolute atomic E-state index is 0.160. The van der Waals surface area contributed by atoms with Crippen molar-refractivity contribution in [1.29, 1.82) is 0 Å². The van der Waals surface area contributed by atoms with Crippen LogP contribution in [-0.4, -0.2) is 26.3 Å². The van der Waals surface area contributed by atoms with Gasteiger partial charge in [-0.3, -0.25) is 4.79 Å². The van der Waals surface area contributed by atoms with Gasteiger partial charge in [-0.15, -0.1) is 0 Å². The van der Waals surface area contributed by atoms with Gasteiger partial charge >= 0.3 is 0 Å². The Balaban J connectivity index is 1.68. The molecule has 6 heteroatoms. The highest BCUT2D eigenvalue weighted by Gasteiger charge is 2.34. The highest BCUT2D eigenvalue weighted by atomic mass is 16.7. The van der Waals surface area contributed by atoms with E-state index in [0.717, 1.165) is 43.3 Å². The van der Waals surface area contributed by atoms with Crippen LogP contribution in [0.2, 0.25) is 0 Å². The van der Waals surface area contributed by atoms with E-state index in [2.05, 4.69) is 6.92 Å². The number of aldehydes is 1. The first kappa shape index (κ1) is 18.5. The Hall–Kier alpha value is -2.89. The number of rotatable bonds is 7. The average Bonchev–Trinajstić information content (AvgIpc) is 3.20. The van der Waals surface area contributed by atoms with Crippen molar-refractivity contribution in [2.45, 2.75) is 44.8 Å². The SMILES string of the molecule is CCCCC[C@H]1Oc2cc(C=O)c(OC)cc2O[C@@H]1c1ccc2c(c1)OCO2. The summed E-state index contributed by atoms with van der Waals surface area (Å²) in [6, 6.07) is 9.22. The van der Waals surface area contributed by atoms with Crippen LogP contribution in [0.3, 0.4) is 0 Å². The third-order valence-electron chi connectivity index (χ3n) is 5.11. The molecule has 2 aliphatic heterocycles. The molecule has 28 heavy (non-hydrogen) atoms. The van der Waals surface area contributed by atoms with Gasteiger partial charge in [-0.05, 0) is 31.0 Å². The largest absolute Gasteiger partial charge is 0.496 e. The van der Waals surface area contributed by atoms with Crippen LogP contribution < -0.4 is 23.7 Å². The van der Waals surface area contributed by atoms with Gasteiger partial charge in [-0.2, -0.15) is 0 Å². The molecular formula is C22H24O6. The van der Waals surface area contributed by atoms with Gasteiger partial charge in [0.15, 0.2) is 35.4 Å². The summed E-state index contributed by atoms with van der Waals surface area (Å²) in [5.74, 6) is 3.05. The van der Waals surface area contributed by atoms with Crippen molar-refractivity contribution in [2.75, 3.05) is 13.9 Å². The van der Waals surface area contributed by atoms with E-state index < -0.39 is 0 Å². The molecule has 0 aromatic heterocycles. The molecule has 2 aliphatic rings. The number of fused-ring (bicyclic) bond motifs is 2. The minimum atomic E-state index is -0.286. The van der Waals surface area contributed by atoms with Crippen molar-refractivity contribution in [3.63, 3.8) is 0 Å². The second kappa shape index (κ2) is 8.00. The van der Waals surface area contributed by atoms with Crippen molar-refractivity contribution >= 4 is 6.29 Å². The van der Waals surface area contributed by atoms with Crippen molar-refractivity contribution in [3.05, 3.63) is 41.5 Å². The fraction of sp³-hybridized carbons (Fsp3) is 0.409. The molecule has 2 heterocycles. The van der Waals surface area contributed by atoms with Crippen LogP contribution in [-0.2, 0) is 0 Å². The fourth-order valence-corrected chi connectivity index (χ4v) is 3.63. The molecule has 0 fully saturated rings. The summed E-state index contributed by atoms with van der Waals surface area (Å²) in [5, 5.41) is 0. The van der Waals surface area contributed by atoms with E-state index in [9.17, 15) is 4.79 Å². The topological polar surface area (TPSA) is 63.2 Å². The van der Waals surface area contributed by atoms with E-state index in [1.54, 1.807) is 12.1 Å². The highest BCUT2D eigenvalue weighted by molar-refractivity contribution is 5.81. The average molecular weight is 384 g/mol. The molecule has 0 spiro atoms. The third-order valence-corrected chi connectivity index (χ3v) is 5.11. The summed E-state index contributed by atoms with van der Waals surface area (Å²) in [7, 11) is 1.53. The molecule has 0 saturated carbocycles. The van der Waals surface area contributed by atoms with Crippen LogP contribution in [0.4, 0.5) is 0 Å². The summed E-state index contributed by atoms with van der Waals surface area (Å²) in [6.07, 6.45) is 4.47. The van der Waals surface area contributed by atoms with Gasteiger partial charge < -0.3 is 23.7 Å². The maximum absolute atomic E-state index is 11.4. The Bertz CT molecular complexity index is 862. The summed E-state index contributed by atoms with van der Waals surface area (Å²) in [5.41, 5.74) is 1.41. The number of hydrogen-bond acceptors (Lipinski definition) is 6. The van der Waals surface area contributed by atoms with Gasteiger partial charge in [-0.25, -0.2) is 0 Å². The first-order chi connectivity index (χ1) is 13.7. The maximum Gasteiger partial charge on any atom is 0.231 e. The smallest absolute Gasteiger partial charge is 0.231 e. The van der Waals surface area contributed by atoms with Crippen LogP contribution in [0, 0.1) is 0 Å². The van der Waals surface area contributed by atoms with Gasteiger partial charge in [0.2, 0.25) is 6.79 Å². The van der Waals surface area contributed by atoms with E-state index in [1.807, 2.05) is 18.2 Å². The zero-order valence-corrected chi connectivity index (χ0v) is 16.1. The molecule has 2 atom stereocenters. The van der Waals surface area contributed by atoms with E-state index in [4.69, 9.17) is 23.7 Å². The molecule has 0 bridgehead atoms. The molecule has 2 aromatic carbocycles. The molecule has 4 rings (SSSR count). The maximum atomic E-state index is 11.4. The van der Waals surface area contributed by atoms with Crippen LogP contribution in [0.1, 0.15) is 54.6 Å².